The normalized spacial score (nSPS) is 30.9. The lowest BCUT2D eigenvalue weighted by molar-refractivity contribution is -0.145. The van der Waals surface area contributed by atoms with Crippen molar-refractivity contribution in [3.63, 3.8) is 0 Å². The topological polar surface area (TPSA) is 86.6 Å². The summed E-state index contributed by atoms with van der Waals surface area (Å²) in [7, 11) is 0. The molecule has 20 heavy (non-hydrogen) atoms. The van der Waals surface area contributed by atoms with E-state index in [0.717, 1.165) is 25.7 Å². The van der Waals surface area contributed by atoms with E-state index >= 15 is 0 Å². The fourth-order valence-electron chi connectivity index (χ4n) is 3.17. The highest BCUT2D eigenvalue weighted by Crippen LogP contribution is 2.33. The van der Waals surface area contributed by atoms with Gasteiger partial charge in [0, 0.05) is 17.5 Å². The first kappa shape index (κ1) is 14.8. The van der Waals surface area contributed by atoms with Crippen LogP contribution in [0.1, 0.15) is 39.0 Å². The molecule has 0 aromatic heterocycles. The van der Waals surface area contributed by atoms with Gasteiger partial charge in [-0.15, -0.1) is 0 Å². The van der Waals surface area contributed by atoms with Crippen molar-refractivity contribution in [3.8, 4) is 0 Å². The second kappa shape index (κ2) is 5.79. The highest BCUT2D eigenvalue weighted by Gasteiger charge is 2.47. The molecular formula is C15H21NO4. The highest BCUT2D eigenvalue weighted by molar-refractivity contribution is 5.92. The van der Waals surface area contributed by atoms with Crippen LogP contribution in [0.2, 0.25) is 0 Å². The number of allylic oxidation sites excluding steroid dienone is 2. The molecule has 0 aromatic rings. The van der Waals surface area contributed by atoms with Crippen LogP contribution in [-0.2, 0) is 9.59 Å². The summed E-state index contributed by atoms with van der Waals surface area (Å²) in [6.07, 6.45) is 9.86. The van der Waals surface area contributed by atoms with Crippen molar-refractivity contribution in [3.05, 3.63) is 23.8 Å². The number of rotatable bonds is 4. The molecule has 0 spiro atoms. The van der Waals surface area contributed by atoms with Gasteiger partial charge in [0.2, 0.25) is 0 Å². The number of hydrogen-bond donors (Lipinski definition) is 3. The Kier molecular flexibility index (Phi) is 4.28. The molecule has 2 rings (SSSR count). The largest absolute Gasteiger partial charge is 0.480 e. The van der Waals surface area contributed by atoms with Crippen LogP contribution in [-0.4, -0.2) is 33.7 Å². The average Bonchev–Trinajstić information content (AvgIpc) is 2.41. The first-order chi connectivity index (χ1) is 9.47. The lowest BCUT2D eigenvalue weighted by Crippen LogP contribution is -2.60. The smallest absolute Gasteiger partial charge is 0.331 e. The Morgan fingerprint density at radius 2 is 1.90 bits per heavy atom. The Labute approximate surface area is 118 Å². The van der Waals surface area contributed by atoms with E-state index in [1.54, 1.807) is 13.0 Å². The van der Waals surface area contributed by atoms with Crippen molar-refractivity contribution in [2.75, 3.05) is 0 Å². The average molecular weight is 279 g/mol. The molecule has 3 N–H and O–H groups in total. The van der Waals surface area contributed by atoms with Crippen LogP contribution in [0, 0.1) is 5.92 Å². The van der Waals surface area contributed by atoms with Gasteiger partial charge in [-0.05, 0) is 12.8 Å². The molecule has 0 bridgehead atoms. The van der Waals surface area contributed by atoms with E-state index in [1.165, 1.54) is 18.6 Å². The fraction of sp³-hybridized carbons (Fsp3) is 0.600. The Morgan fingerprint density at radius 3 is 2.45 bits per heavy atom. The quantitative estimate of drug-likeness (QED) is 0.732. The van der Waals surface area contributed by atoms with Crippen LogP contribution < -0.4 is 5.32 Å². The second-order valence-electron chi connectivity index (χ2n) is 5.66. The van der Waals surface area contributed by atoms with E-state index in [1.807, 2.05) is 0 Å². The number of carboxylic acids is 2. The molecule has 2 atom stereocenters. The Balaban J connectivity index is 2.26. The van der Waals surface area contributed by atoms with Crippen LogP contribution in [0.3, 0.4) is 0 Å². The highest BCUT2D eigenvalue weighted by atomic mass is 16.4. The molecule has 110 valence electrons. The Bertz CT molecular complexity index is 462. The molecule has 0 heterocycles. The summed E-state index contributed by atoms with van der Waals surface area (Å²) in [4.78, 5) is 23.0. The summed E-state index contributed by atoms with van der Waals surface area (Å²) in [5.74, 6) is -2.68. The summed E-state index contributed by atoms with van der Waals surface area (Å²) < 4.78 is 0. The van der Waals surface area contributed by atoms with Gasteiger partial charge < -0.3 is 10.2 Å². The molecule has 5 nitrogen and oxygen atoms in total. The van der Waals surface area contributed by atoms with Crippen LogP contribution in [0.5, 0.6) is 0 Å². The summed E-state index contributed by atoms with van der Waals surface area (Å²) in [5.41, 5.74) is -1.18. The molecule has 0 aromatic carbocycles. The number of carbonyl (C=O) groups is 2. The zero-order chi connectivity index (χ0) is 14.8. The molecule has 0 aliphatic heterocycles. The van der Waals surface area contributed by atoms with E-state index in [0.29, 0.717) is 0 Å². The molecule has 0 amide bonds. The van der Waals surface area contributed by atoms with Gasteiger partial charge in [0.25, 0.3) is 0 Å². The SMILES string of the molecule is CC1C(C(=O)O)=CC=CC1(NC1CCCCC1)C(=O)O. The van der Waals surface area contributed by atoms with Crippen molar-refractivity contribution in [2.45, 2.75) is 50.6 Å². The summed E-state index contributed by atoms with van der Waals surface area (Å²) in [5, 5.41) is 22.1. The van der Waals surface area contributed by atoms with Gasteiger partial charge in [-0.1, -0.05) is 44.4 Å². The molecular weight excluding hydrogens is 258 g/mol. The Morgan fingerprint density at radius 1 is 1.25 bits per heavy atom. The van der Waals surface area contributed by atoms with E-state index in [4.69, 9.17) is 0 Å². The van der Waals surface area contributed by atoms with Gasteiger partial charge in [-0.3, -0.25) is 5.32 Å². The number of carboxylic acid groups (broad SMARTS) is 2. The second-order valence-corrected chi connectivity index (χ2v) is 5.66. The van der Waals surface area contributed by atoms with E-state index in [9.17, 15) is 19.8 Å². The maximum absolute atomic E-state index is 11.8. The van der Waals surface area contributed by atoms with Crippen molar-refractivity contribution in [2.24, 2.45) is 5.92 Å². The fourth-order valence-corrected chi connectivity index (χ4v) is 3.17. The lowest BCUT2D eigenvalue weighted by Gasteiger charge is -2.39. The summed E-state index contributed by atoms with van der Waals surface area (Å²) >= 11 is 0. The third-order valence-corrected chi connectivity index (χ3v) is 4.43. The predicted octanol–water partition coefficient (Wildman–Crippen LogP) is 1.95. The van der Waals surface area contributed by atoms with E-state index in [2.05, 4.69) is 5.32 Å². The van der Waals surface area contributed by atoms with E-state index < -0.39 is 23.4 Å². The maximum Gasteiger partial charge on any atom is 0.331 e. The lowest BCUT2D eigenvalue weighted by atomic mass is 9.75. The molecule has 1 saturated carbocycles. The van der Waals surface area contributed by atoms with Gasteiger partial charge in [-0.2, -0.15) is 0 Å². The Hall–Kier alpha value is -1.62. The third kappa shape index (κ3) is 2.63. The van der Waals surface area contributed by atoms with Crippen LogP contribution in [0.4, 0.5) is 0 Å². The van der Waals surface area contributed by atoms with Crippen LogP contribution in [0.25, 0.3) is 0 Å². The zero-order valence-corrected chi connectivity index (χ0v) is 11.6. The van der Waals surface area contributed by atoms with E-state index in [-0.39, 0.29) is 11.6 Å². The number of nitrogens with one attached hydrogen (secondary N) is 1. The first-order valence-electron chi connectivity index (χ1n) is 7.11. The molecule has 0 saturated heterocycles. The zero-order valence-electron chi connectivity index (χ0n) is 11.6. The van der Waals surface area contributed by atoms with Crippen molar-refractivity contribution in [1.29, 1.82) is 0 Å². The van der Waals surface area contributed by atoms with Crippen molar-refractivity contribution < 1.29 is 19.8 Å². The minimum Gasteiger partial charge on any atom is -0.480 e. The molecule has 2 aliphatic rings. The molecule has 5 heteroatoms. The van der Waals surface area contributed by atoms with Gasteiger partial charge >= 0.3 is 11.9 Å². The standard InChI is InChI=1S/C15H21NO4/c1-10-12(13(17)18)8-5-9-15(10,14(19)20)16-11-6-3-2-4-7-11/h5,8-11,16H,2-4,6-7H2,1H3,(H,17,18)(H,19,20). The monoisotopic (exact) mass is 279 g/mol. The van der Waals surface area contributed by atoms with Crippen molar-refractivity contribution >= 4 is 11.9 Å². The predicted molar refractivity (Wildman–Crippen MR) is 74.4 cm³/mol. The minimum atomic E-state index is -1.32. The van der Waals surface area contributed by atoms with Gasteiger partial charge in [0.05, 0.1) is 0 Å². The molecule has 0 radical (unpaired) electrons. The van der Waals surface area contributed by atoms with Crippen LogP contribution >= 0.6 is 0 Å². The first-order valence-corrected chi connectivity index (χ1v) is 7.11. The summed E-state index contributed by atoms with van der Waals surface area (Å²) in [6, 6.07) is 0.139. The number of aliphatic carboxylic acids is 2. The van der Waals surface area contributed by atoms with Crippen LogP contribution in [0.15, 0.2) is 23.8 Å². The van der Waals surface area contributed by atoms with Crippen molar-refractivity contribution in [1.82, 2.24) is 5.32 Å². The third-order valence-electron chi connectivity index (χ3n) is 4.43. The van der Waals surface area contributed by atoms with Gasteiger partial charge in [0.15, 0.2) is 0 Å². The molecule has 1 fully saturated rings. The maximum atomic E-state index is 11.8. The van der Waals surface area contributed by atoms with Gasteiger partial charge in [0.1, 0.15) is 5.54 Å². The molecule has 2 aliphatic carbocycles. The minimum absolute atomic E-state index is 0.137. The van der Waals surface area contributed by atoms with Gasteiger partial charge in [-0.25, -0.2) is 9.59 Å². The number of hydrogen-bond acceptors (Lipinski definition) is 3. The molecule has 2 unspecified atom stereocenters. The summed E-state index contributed by atoms with van der Waals surface area (Å²) in [6.45, 7) is 1.66.